The molecule has 1 N–H and O–H groups in total. The molecule has 0 aromatic heterocycles. The van der Waals surface area contributed by atoms with Crippen LogP contribution in [0.1, 0.15) is 16.7 Å². The maximum atomic E-state index is 12.6. The summed E-state index contributed by atoms with van der Waals surface area (Å²) in [5.74, 6) is 0. The van der Waals surface area contributed by atoms with Gasteiger partial charge in [-0.2, -0.15) is 0 Å². The van der Waals surface area contributed by atoms with Gasteiger partial charge in [-0.1, -0.05) is 11.6 Å². The van der Waals surface area contributed by atoms with Gasteiger partial charge in [-0.05, 0) is 55.7 Å². The maximum absolute atomic E-state index is 12.6. The Kier molecular flexibility index (Phi) is 4.63. The van der Waals surface area contributed by atoms with Crippen LogP contribution in [0.4, 0.5) is 11.4 Å². The standard InChI is InChI=1S/C15H15ClN2O4S/c1-9-8-15(11(3)7-13(9)16)23(21,22)17-14-5-4-12(18(19)20)6-10(14)2/h4-8,17H,1-3H3. The molecule has 0 heterocycles. The summed E-state index contributed by atoms with van der Waals surface area (Å²) in [6, 6.07) is 7.04. The Bertz CT molecular complexity index is 895. The summed E-state index contributed by atoms with van der Waals surface area (Å²) < 4.78 is 27.6. The number of nitro groups is 1. The topological polar surface area (TPSA) is 89.3 Å². The monoisotopic (exact) mass is 354 g/mol. The smallest absolute Gasteiger partial charge is 0.269 e. The van der Waals surface area contributed by atoms with E-state index >= 15 is 0 Å². The molecule has 2 aromatic rings. The summed E-state index contributed by atoms with van der Waals surface area (Å²) in [4.78, 5) is 10.3. The van der Waals surface area contributed by atoms with E-state index in [-0.39, 0.29) is 10.6 Å². The molecule has 0 unspecified atom stereocenters. The van der Waals surface area contributed by atoms with Gasteiger partial charge in [0.2, 0.25) is 0 Å². The summed E-state index contributed by atoms with van der Waals surface area (Å²) >= 11 is 5.99. The van der Waals surface area contributed by atoms with Crippen LogP contribution in [0.2, 0.25) is 5.02 Å². The molecule has 6 nitrogen and oxygen atoms in total. The molecule has 0 amide bonds. The quantitative estimate of drug-likeness (QED) is 0.664. The molecule has 0 aliphatic carbocycles. The van der Waals surface area contributed by atoms with E-state index in [9.17, 15) is 18.5 Å². The van der Waals surface area contributed by atoms with Crippen LogP contribution in [0.25, 0.3) is 0 Å². The normalized spacial score (nSPS) is 11.3. The summed E-state index contributed by atoms with van der Waals surface area (Å²) in [5.41, 5.74) is 1.84. The van der Waals surface area contributed by atoms with Crippen molar-refractivity contribution in [2.75, 3.05) is 4.72 Å². The van der Waals surface area contributed by atoms with Crippen LogP contribution in [0.3, 0.4) is 0 Å². The van der Waals surface area contributed by atoms with Crippen molar-refractivity contribution < 1.29 is 13.3 Å². The fourth-order valence-electron chi connectivity index (χ4n) is 2.12. The molecule has 0 atom stereocenters. The average Bonchev–Trinajstić information content (AvgIpc) is 2.44. The molecular formula is C15H15ClN2O4S. The molecule has 0 bridgehead atoms. The van der Waals surface area contributed by atoms with Gasteiger partial charge < -0.3 is 0 Å². The van der Waals surface area contributed by atoms with Gasteiger partial charge in [0.1, 0.15) is 0 Å². The van der Waals surface area contributed by atoms with Gasteiger partial charge in [0.25, 0.3) is 15.7 Å². The van der Waals surface area contributed by atoms with E-state index < -0.39 is 14.9 Å². The third-order valence-corrected chi connectivity index (χ3v) is 5.33. The molecule has 0 saturated heterocycles. The zero-order chi connectivity index (χ0) is 17.4. The highest BCUT2D eigenvalue weighted by Gasteiger charge is 2.20. The van der Waals surface area contributed by atoms with Gasteiger partial charge in [0.15, 0.2) is 0 Å². The number of aryl methyl sites for hydroxylation is 3. The van der Waals surface area contributed by atoms with Crippen molar-refractivity contribution in [1.29, 1.82) is 0 Å². The molecule has 122 valence electrons. The Hall–Kier alpha value is -2.12. The predicted octanol–water partition coefficient (Wildman–Crippen LogP) is 3.97. The van der Waals surface area contributed by atoms with Crippen LogP contribution in [-0.4, -0.2) is 13.3 Å². The number of non-ortho nitro benzene ring substituents is 1. The predicted molar refractivity (Wildman–Crippen MR) is 89.6 cm³/mol. The first kappa shape index (κ1) is 17.2. The number of nitrogens with zero attached hydrogens (tertiary/aromatic N) is 1. The molecule has 8 heteroatoms. The Morgan fingerprint density at radius 2 is 1.70 bits per heavy atom. The molecular weight excluding hydrogens is 340 g/mol. The Balaban J connectivity index is 2.43. The van der Waals surface area contributed by atoms with E-state index in [1.165, 1.54) is 24.3 Å². The van der Waals surface area contributed by atoms with Crippen LogP contribution >= 0.6 is 11.6 Å². The lowest BCUT2D eigenvalue weighted by Crippen LogP contribution is -2.15. The number of anilines is 1. The minimum atomic E-state index is -3.82. The van der Waals surface area contributed by atoms with Gasteiger partial charge in [-0.15, -0.1) is 0 Å². The number of hydrogen-bond acceptors (Lipinski definition) is 4. The van der Waals surface area contributed by atoms with E-state index in [1.807, 2.05) is 0 Å². The van der Waals surface area contributed by atoms with Crippen LogP contribution in [0.15, 0.2) is 35.2 Å². The molecule has 0 aliphatic rings. The molecule has 0 saturated carbocycles. The van der Waals surface area contributed by atoms with Gasteiger partial charge in [0.05, 0.1) is 15.5 Å². The number of nitro benzene ring substituents is 1. The Morgan fingerprint density at radius 1 is 1.04 bits per heavy atom. The minimum absolute atomic E-state index is 0.0936. The van der Waals surface area contributed by atoms with E-state index in [2.05, 4.69) is 4.72 Å². The number of sulfonamides is 1. The number of hydrogen-bond donors (Lipinski definition) is 1. The number of rotatable bonds is 4. The fourth-order valence-corrected chi connectivity index (χ4v) is 3.78. The van der Waals surface area contributed by atoms with E-state index in [1.54, 1.807) is 26.8 Å². The van der Waals surface area contributed by atoms with E-state index in [4.69, 9.17) is 11.6 Å². The summed E-state index contributed by atoms with van der Waals surface area (Å²) in [5, 5.41) is 11.2. The van der Waals surface area contributed by atoms with Crippen LogP contribution in [0, 0.1) is 30.9 Å². The average molecular weight is 355 g/mol. The van der Waals surface area contributed by atoms with Crippen molar-refractivity contribution in [3.63, 3.8) is 0 Å². The number of nitrogens with one attached hydrogen (secondary N) is 1. The van der Waals surface area contributed by atoms with Crippen molar-refractivity contribution in [2.24, 2.45) is 0 Å². The highest BCUT2D eigenvalue weighted by atomic mass is 35.5. The van der Waals surface area contributed by atoms with E-state index in [0.29, 0.717) is 27.4 Å². The molecule has 2 rings (SSSR count). The second-order valence-corrected chi connectivity index (χ2v) is 7.29. The van der Waals surface area contributed by atoms with Crippen LogP contribution in [0.5, 0.6) is 0 Å². The highest BCUT2D eigenvalue weighted by molar-refractivity contribution is 7.92. The lowest BCUT2D eigenvalue weighted by Gasteiger charge is -2.13. The third kappa shape index (κ3) is 3.62. The largest absolute Gasteiger partial charge is 0.279 e. The summed E-state index contributed by atoms with van der Waals surface area (Å²) in [6.07, 6.45) is 0. The van der Waals surface area contributed by atoms with Gasteiger partial charge >= 0.3 is 0 Å². The first-order valence-electron chi connectivity index (χ1n) is 6.66. The highest BCUT2D eigenvalue weighted by Crippen LogP contribution is 2.27. The van der Waals surface area contributed by atoms with Crippen molar-refractivity contribution in [2.45, 2.75) is 25.7 Å². The third-order valence-electron chi connectivity index (χ3n) is 3.41. The lowest BCUT2D eigenvalue weighted by molar-refractivity contribution is -0.384. The summed E-state index contributed by atoms with van der Waals surface area (Å²) in [7, 11) is -3.82. The molecule has 0 radical (unpaired) electrons. The summed E-state index contributed by atoms with van der Waals surface area (Å²) in [6.45, 7) is 4.98. The van der Waals surface area contributed by atoms with Gasteiger partial charge in [-0.25, -0.2) is 8.42 Å². The van der Waals surface area contributed by atoms with Crippen molar-refractivity contribution in [3.05, 3.63) is 62.2 Å². The minimum Gasteiger partial charge on any atom is -0.279 e. The van der Waals surface area contributed by atoms with Gasteiger partial charge in [-0.3, -0.25) is 14.8 Å². The van der Waals surface area contributed by atoms with Crippen molar-refractivity contribution in [1.82, 2.24) is 0 Å². The van der Waals surface area contributed by atoms with Crippen molar-refractivity contribution in [3.8, 4) is 0 Å². The van der Waals surface area contributed by atoms with Crippen LogP contribution < -0.4 is 4.72 Å². The molecule has 0 spiro atoms. The van der Waals surface area contributed by atoms with Crippen molar-refractivity contribution >= 4 is 33.0 Å². The molecule has 23 heavy (non-hydrogen) atoms. The second-order valence-electron chi connectivity index (χ2n) is 5.23. The Labute approximate surface area is 139 Å². The maximum Gasteiger partial charge on any atom is 0.269 e. The zero-order valence-electron chi connectivity index (χ0n) is 12.8. The second kappa shape index (κ2) is 6.17. The zero-order valence-corrected chi connectivity index (χ0v) is 14.3. The Morgan fingerprint density at radius 3 is 2.26 bits per heavy atom. The molecule has 2 aromatic carbocycles. The molecule has 0 fully saturated rings. The van der Waals surface area contributed by atoms with E-state index in [0.717, 1.165) is 0 Å². The first-order valence-corrected chi connectivity index (χ1v) is 8.52. The number of benzene rings is 2. The van der Waals surface area contributed by atoms with Gasteiger partial charge in [0, 0.05) is 17.2 Å². The lowest BCUT2D eigenvalue weighted by atomic mass is 10.2. The number of halogens is 1. The first-order chi connectivity index (χ1) is 10.6. The molecule has 0 aliphatic heterocycles. The SMILES string of the molecule is Cc1cc(S(=O)(=O)Nc2ccc([N+](=O)[O-])cc2C)c(C)cc1Cl. The fraction of sp³-hybridized carbons (Fsp3) is 0.200. The van der Waals surface area contributed by atoms with Crippen LogP contribution in [-0.2, 0) is 10.0 Å².